The lowest BCUT2D eigenvalue weighted by atomic mass is 10.1. The van der Waals surface area contributed by atoms with Gasteiger partial charge in [-0.1, -0.05) is 30.3 Å². The highest BCUT2D eigenvalue weighted by atomic mass is 32.1. The van der Waals surface area contributed by atoms with E-state index in [9.17, 15) is 14.0 Å². The molecule has 1 aliphatic heterocycles. The summed E-state index contributed by atoms with van der Waals surface area (Å²) in [5.41, 5.74) is 6.60. The lowest BCUT2D eigenvalue weighted by Crippen LogP contribution is -2.47. The van der Waals surface area contributed by atoms with E-state index in [0.29, 0.717) is 17.0 Å². The molecule has 0 spiro atoms. The summed E-state index contributed by atoms with van der Waals surface area (Å²) in [6.45, 7) is 0. The fraction of sp³-hybridized carbons (Fsp3) is 0.100. The predicted octanol–water partition coefficient (Wildman–Crippen LogP) is 3.32. The van der Waals surface area contributed by atoms with Crippen molar-refractivity contribution in [2.45, 2.75) is 12.5 Å². The number of nitrogens with one attached hydrogen (secondary N) is 2. The van der Waals surface area contributed by atoms with Crippen LogP contribution >= 0.6 is 11.3 Å². The fourth-order valence-corrected chi connectivity index (χ4v) is 3.72. The summed E-state index contributed by atoms with van der Waals surface area (Å²) < 4.78 is 18.6. The SMILES string of the molecule is O=C(NNC(=O)[C@H]1Cc2ccccc2O1)c1ccc(-c2ccc(F)cc2)s1. The second kappa shape index (κ2) is 7.20. The van der Waals surface area contributed by atoms with Crippen molar-refractivity contribution in [3.63, 3.8) is 0 Å². The Bertz CT molecular complexity index is 975. The van der Waals surface area contributed by atoms with Gasteiger partial charge < -0.3 is 4.74 Å². The lowest BCUT2D eigenvalue weighted by Gasteiger charge is -2.11. The molecule has 4 rings (SSSR count). The Balaban J connectivity index is 1.35. The van der Waals surface area contributed by atoms with Gasteiger partial charge in [0, 0.05) is 11.3 Å². The van der Waals surface area contributed by atoms with Crippen LogP contribution in [0.25, 0.3) is 10.4 Å². The highest BCUT2D eigenvalue weighted by Gasteiger charge is 2.29. The van der Waals surface area contributed by atoms with E-state index in [1.165, 1.54) is 23.5 Å². The summed E-state index contributed by atoms with van der Waals surface area (Å²) in [6.07, 6.45) is -0.202. The topological polar surface area (TPSA) is 67.4 Å². The van der Waals surface area contributed by atoms with Crippen molar-refractivity contribution in [1.29, 1.82) is 0 Å². The summed E-state index contributed by atoms with van der Waals surface area (Å²) >= 11 is 1.26. The van der Waals surface area contributed by atoms with E-state index in [0.717, 1.165) is 16.0 Å². The first kappa shape index (κ1) is 17.2. The van der Waals surface area contributed by atoms with Gasteiger partial charge >= 0.3 is 0 Å². The zero-order valence-corrected chi connectivity index (χ0v) is 14.9. The maximum atomic E-state index is 13.0. The summed E-state index contributed by atoms with van der Waals surface area (Å²) in [4.78, 5) is 25.8. The number of thiophene rings is 1. The van der Waals surface area contributed by atoms with E-state index < -0.39 is 17.9 Å². The van der Waals surface area contributed by atoms with Crippen LogP contribution in [0.1, 0.15) is 15.2 Å². The van der Waals surface area contributed by atoms with Crippen LogP contribution in [0, 0.1) is 5.82 Å². The van der Waals surface area contributed by atoms with Gasteiger partial charge in [0.25, 0.3) is 11.8 Å². The second-order valence-corrected chi connectivity index (χ2v) is 7.12. The number of halogens is 1. The number of fused-ring (bicyclic) bond motifs is 1. The van der Waals surface area contributed by atoms with Gasteiger partial charge in [-0.05, 0) is 41.5 Å². The van der Waals surface area contributed by atoms with E-state index in [1.54, 1.807) is 24.3 Å². The Hall–Kier alpha value is -3.19. The Labute approximate surface area is 158 Å². The normalized spacial score (nSPS) is 14.9. The molecule has 5 nitrogen and oxygen atoms in total. The number of hydrogen-bond acceptors (Lipinski definition) is 4. The summed E-state index contributed by atoms with van der Waals surface area (Å²) in [6, 6.07) is 16.9. The summed E-state index contributed by atoms with van der Waals surface area (Å²) in [7, 11) is 0. The van der Waals surface area contributed by atoms with E-state index in [4.69, 9.17) is 4.74 Å². The number of hydrogen-bond donors (Lipinski definition) is 2. The molecule has 0 radical (unpaired) electrons. The molecule has 2 aromatic carbocycles. The van der Waals surface area contributed by atoms with Crippen molar-refractivity contribution in [3.8, 4) is 16.2 Å². The zero-order valence-electron chi connectivity index (χ0n) is 14.1. The minimum Gasteiger partial charge on any atom is -0.480 e. The molecule has 0 saturated carbocycles. The van der Waals surface area contributed by atoms with Gasteiger partial charge in [-0.2, -0.15) is 0 Å². The van der Waals surface area contributed by atoms with Gasteiger partial charge in [0.05, 0.1) is 4.88 Å². The number of rotatable bonds is 3. The molecule has 0 saturated heterocycles. The number of benzene rings is 2. The summed E-state index contributed by atoms with van der Waals surface area (Å²) in [5.74, 6) is -0.453. The van der Waals surface area contributed by atoms with Crippen molar-refractivity contribution < 1.29 is 18.7 Å². The van der Waals surface area contributed by atoms with Gasteiger partial charge in [-0.3, -0.25) is 20.4 Å². The van der Waals surface area contributed by atoms with Gasteiger partial charge in [-0.15, -0.1) is 11.3 Å². The van der Waals surface area contributed by atoms with Gasteiger partial charge in [0.15, 0.2) is 6.10 Å². The second-order valence-electron chi connectivity index (χ2n) is 6.03. The highest BCUT2D eigenvalue weighted by Crippen LogP contribution is 2.29. The van der Waals surface area contributed by atoms with Crippen LogP contribution in [0.3, 0.4) is 0 Å². The quantitative estimate of drug-likeness (QED) is 0.683. The molecule has 0 aliphatic carbocycles. The van der Waals surface area contributed by atoms with Crippen LogP contribution in [0.2, 0.25) is 0 Å². The van der Waals surface area contributed by atoms with E-state index >= 15 is 0 Å². The molecule has 2 amide bonds. The standard InChI is InChI=1S/C20H15FN2O3S/c21-14-7-5-12(6-8-14)17-9-10-18(27-17)20(25)23-22-19(24)16-11-13-3-1-2-4-15(13)26-16/h1-10,16H,11H2,(H,22,24)(H,23,25)/t16-/m1/s1. The van der Waals surface area contributed by atoms with Crippen molar-refractivity contribution in [2.24, 2.45) is 0 Å². The third-order valence-corrected chi connectivity index (χ3v) is 5.33. The van der Waals surface area contributed by atoms with Crippen molar-refractivity contribution in [3.05, 3.63) is 76.9 Å². The van der Waals surface area contributed by atoms with Gasteiger partial charge in [-0.25, -0.2) is 4.39 Å². The number of amides is 2. The van der Waals surface area contributed by atoms with Crippen LogP contribution in [0.15, 0.2) is 60.7 Å². The fourth-order valence-electron chi connectivity index (χ4n) is 2.82. The zero-order chi connectivity index (χ0) is 18.8. The molecule has 1 aromatic heterocycles. The van der Waals surface area contributed by atoms with Crippen LogP contribution in [-0.2, 0) is 11.2 Å². The van der Waals surface area contributed by atoms with Gasteiger partial charge in [0.1, 0.15) is 11.6 Å². The number of carbonyl (C=O) groups excluding carboxylic acids is 2. The Morgan fingerprint density at radius 3 is 2.56 bits per heavy atom. The van der Waals surface area contributed by atoms with E-state index in [2.05, 4.69) is 10.9 Å². The molecule has 27 heavy (non-hydrogen) atoms. The average molecular weight is 382 g/mol. The van der Waals surface area contributed by atoms with Crippen LogP contribution in [0.5, 0.6) is 5.75 Å². The van der Waals surface area contributed by atoms with Crippen molar-refractivity contribution >= 4 is 23.2 Å². The van der Waals surface area contributed by atoms with Crippen molar-refractivity contribution in [1.82, 2.24) is 10.9 Å². The Morgan fingerprint density at radius 2 is 1.78 bits per heavy atom. The van der Waals surface area contributed by atoms with Crippen LogP contribution in [-0.4, -0.2) is 17.9 Å². The number of para-hydroxylation sites is 1. The first-order valence-corrected chi connectivity index (χ1v) is 9.12. The smallest absolute Gasteiger partial charge is 0.279 e. The minimum atomic E-state index is -0.666. The molecule has 2 N–H and O–H groups in total. The molecule has 136 valence electrons. The molecular formula is C20H15FN2O3S. The van der Waals surface area contributed by atoms with Crippen molar-refractivity contribution in [2.75, 3.05) is 0 Å². The van der Waals surface area contributed by atoms with Gasteiger partial charge in [0.2, 0.25) is 0 Å². The molecule has 3 aromatic rings. The van der Waals surface area contributed by atoms with Crippen LogP contribution < -0.4 is 15.6 Å². The predicted molar refractivity (Wildman–Crippen MR) is 99.9 cm³/mol. The molecular weight excluding hydrogens is 367 g/mol. The molecule has 2 heterocycles. The average Bonchev–Trinajstić information content (AvgIpc) is 3.33. The van der Waals surface area contributed by atoms with Crippen LogP contribution in [0.4, 0.5) is 4.39 Å². The lowest BCUT2D eigenvalue weighted by molar-refractivity contribution is -0.128. The first-order valence-electron chi connectivity index (χ1n) is 8.31. The Kier molecular flexibility index (Phi) is 4.60. The van der Waals surface area contributed by atoms with E-state index in [1.807, 2.05) is 24.3 Å². The maximum absolute atomic E-state index is 13.0. The largest absolute Gasteiger partial charge is 0.480 e. The number of hydrazine groups is 1. The van der Waals surface area contributed by atoms with E-state index in [-0.39, 0.29) is 5.82 Å². The summed E-state index contributed by atoms with van der Waals surface area (Å²) in [5, 5.41) is 0. The third kappa shape index (κ3) is 3.68. The Morgan fingerprint density at radius 1 is 1.00 bits per heavy atom. The molecule has 0 bridgehead atoms. The minimum absolute atomic E-state index is 0.313. The molecule has 1 atom stereocenters. The number of ether oxygens (including phenoxy) is 1. The monoisotopic (exact) mass is 382 g/mol. The molecule has 0 unspecified atom stereocenters. The molecule has 0 fully saturated rings. The molecule has 1 aliphatic rings. The first-order chi connectivity index (χ1) is 13.1. The highest BCUT2D eigenvalue weighted by molar-refractivity contribution is 7.17. The molecule has 7 heteroatoms. The number of carbonyl (C=O) groups is 2. The third-order valence-electron chi connectivity index (χ3n) is 4.20. The maximum Gasteiger partial charge on any atom is 0.279 e.